The largest absolute Gasteiger partial charge is 0.283 e. The molecule has 1 amide bonds. The van der Waals surface area contributed by atoms with E-state index in [0.29, 0.717) is 20.8 Å². The number of para-hydroxylation sites is 1. The lowest BCUT2D eigenvalue weighted by Crippen LogP contribution is -2.40. The second kappa shape index (κ2) is 11.0. The number of benzene rings is 2. The summed E-state index contributed by atoms with van der Waals surface area (Å²) in [6.45, 7) is 0. The number of nitrogens with zero attached hydrogens (tertiary/aromatic N) is 4. The normalized spacial score (nSPS) is 19.1. The van der Waals surface area contributed by atoms with Crippen LogP contribution < -0.4 is 0 Å². The van der Waals surface area contributed by atoms with Crippen LogP contribution in [0.25, 0.3) is 17.3 Å². The Morgan fingerprint density at radius 2 is 1.81 bits per heavy atom. The summed E-state index contributed by atoms with van der Waals surface area (Å²) in [7, 11) is 0. The highest BCUT2D eigenvalue weighted by Crippen LogP contribution is 2.38. The monoisotopic (exact) mass is 516 g/mol. The standard InChI is InChI=1S/C27H24N4O3S2/c32-25-24(17-9-13-20-12-7-8-16-23(20)31(33)34)36-27(30(25)21-14-5-2-6-15-21)29-26-28-22(18-35-26)19-10-3-1-4-11-19/h1,3-4,7-13,16-18,21H,2,5-6,14-15H2/b13-9+,24-17-,29-27+. The molecule has 1 aromatic heterocycles. The molecule has 2 aliphatic rings. The van der Waals surface area contributed by atoms with Crippen molar-refractivity contribution in [2.45, 2.75) is 38.1 Å². The maximum Gasteiger partial charge on any atom is 0.276 e. The molecule has 0 N–H and O–H groups in total. The first-order valence-electron chi connectivity index (χ1n) is 11.8. The fourth-order valence-electron chi connectivity index (χ4n) is 4.41. The lowest BCUT2D eigenvalue weighted by atomic mass is 9.94. The molecule has 1 aliphatic carbocycles. The second-order valence-electron chi connectivity index (χ2n) is 8.55. The van der Waals surface area contributed by atoms with Crippen LogP contribution >= 0.6 is 23.1 Å². The predicted octanol–water partition coefficient (Wildman–Crippen LogP) is 7.21. The van der Waals surface area contributed by atoms with Crippen molar-refractivity contribution in [2.24, 2.45) is 4.99 Å². The van der Waals surface area contributed by atoms with E-state index < -0.39 is 4.92 Å². The summed E-state index contributed by atoms with van der Waals surface area (Å²) in [4.78, 5) is 36.2. The molecule has 2 aromatic carbocycles. The molecule has 0 unspecified atom stereocenters. The molecule has 182 valence electrons. The lowest BCUT2D eigenvalue weighted by Gasteiger charge is -2.30. The van der Waals surface area contributed by atoms with E-state index >= 15 is 0 Å². The fourth-order valence-corrected chi connectivity index (χ4v) is 6.16. The average Bonchev–Trinajstić information content (AvgIpc) is 3.49. The number of carbonyl (C=O) groups is 1. The van der Waals surface area contributed by atoms with Crippen LogP contribution in [0.1, 0.15) is 37.7 Å². The van der Waals surface area contributed by atoms with Gasteiger partial charge in [0, 0.05) is 23.1 Å². The van der Waals surface area contributed by atoms with Crippen LogP contribution in [0.15, 0.2) is 82.0 Å². The van der Waals surface area contributed by atoms with E-state index in [1.807, 2.05) is 40.6 Å². The van der Waals surface area contributed by atoms with E-state index in [9.17, 15) is 14.9 Å². The van der Waals surface area contributed by atoms with Crippen LogP contribution in [0, 0.1) is 10.1 Å². The maximum absolute atomic E-state index is 13.4. The molecule has 1 aliphatic heterocycles. The molecule has 36 heavy (non-hydrogen) atoms. The number of hydrogen-bond acceptors (Lipinski definition) is 7. The van der Waals surface area contributed by atoms with E-state index in [2.05, 4.69) is 4.98 Å². The first kappa shape index (κ1) is 24.1. The van der Waals surface area contributed by atoms with Crippen LogP contribution in [-0.4, -0.2) is 31.9 Å². The summed E-state index contributed by atoms with van der Waals surface area (Å²) < 4.78 is 0. The second-order valence-corrected chi connectivity index (χ2v) is 10.4. The van der Waals surface area contributed by atoms with Gasteiger partial charge in [0.2, 0.25) is 5.13 Å². The van der Waals surface area contributed by atoms with Gasteiger partial charge in [0.05, 0.1) is 21.1 Å². The van der Waals surface area contributed by atoms with Crippen molar-refractivity contribution in [3.63, 3.8) is 0 Å². The van der Waals surface area contributed by atoms with Crippen molar-refractivity contribution in [3.8, 4) is 11.3 Å². The number of amidine groups is 1. The molecular formula is C27H24N4O3S2. The first-order valence-corrected chi connectivity index (χ1v) is 13.5. The topological polar surface area (TPSA) is 88.7 Å². The Hall–Kier alpha value is -3.56. The van der Waals surface area contributed by atoms with Crippen LogP contribution in [0.3, 0.4) is 0 Å². The minimum Gasteiger partial charge on any atom is -0.283 e. The number of nitro benzene ring substituents is 1. The highest BCUT2D eigenvalue weighted by atomic mass is 32.2. The SMILES string of the molecule is O=C1/C(=C/C=C/c2ccccc2[N+](=O)[O-])S/C(=N/c2nc(-c3ccccc3)cs2)N1C1CCCCC1. The van der Waals surface area contributed by atoms with Gasteiger partial charge in [-0.05, 0) is 42.8 Å². The van der Waals surface area contributed by atoms with Gasteiger partial charge in [0.1, 0.15) is 0 Å². The number of rotatable bonds is 6. The summed E-state index contributed by atoms with van der Waals surface area (Å²) in [5.41, 5.74) is 2.41. The van der Waals surface area contributed by atoms with E-state index in [-0.39, 0.29) is 17.6 Å². The van der Waals surface area contributed by atoms with E-state index in [1.54, 1.807) is 36.4 Å². The van der Waals surface area contributed by atoms with Crippen molar-refractivity contribution in [1.29, 1.82) is 0 Å². The Balaban J connectivity index is 1.43. The smallest absolute Gasteiger partial charge is 0.276 e. The van der Waals surface area contributed by atoms with Crippen molar-refractivity contribution in [1.82, 2.24) is 9.88 Å². The molecule has 3 aromatic rings. The van der Waals surface area contributed by atoms with Gasteiger partial charge in [0.25, 0.3) is 11.6 Å². The average molecular weight is 517 g/mol. The highest BCUT2D eigenvalue weighted by Gasteiger charge is 2.38. The lowest BCUT2D eigenvalue weighted by molar-refractivity contribution is -0.385. The minimum atomic E-state index is -0.407. The predicted molar refractivity (Wildman–Crippen MR) is 146 cm³/mol. The molecule has 2 fully saturated rings. The molecule has 0 bridgehead atoms. The maximum atomic E-state index is 13.4. The molecule has 2 heterocycles. The Kier molecular flexibility index (Phi) is 7.39. The van der Waals surface area contributed by atoms with Gasteiger partial charge in [0.15, 0.2) is 5.17 Å². The third-order valence-corrected chi connectivity index (χ3v) is 7.92. The van der Waals surface area contributed by atoms with Crippen LogP contribution in [0.5, 0.6) is 0 Å². The van der Waals surface area contributed by atoms with E-state index in [1.165, 1.54) is 35.6 Å². The van der Waals surface area contributed by atoms with Gasteiger partial charge in [-0.15, -0.1) is 11.3 Å². The van der Waals surface area contributed by atoms with E-state index in [4.69, 9.17) is 4.99 Å². The molecule has 0 atom stereocenters. The summed E-state index contributed by atoms with van der Waals surface area (Å²) in [5, 5.41) is 14.5. The number of amides is 1. The number of aromatic nitrogens is 1. The molecule has 0 spiro atoms. The van der Waals surface area contributed by atoms with Gasteiger partial charge in [-0.1, -0.05) is 67.8 Å². The number of thioether (sulfide) groups is 1. The van der Waals surface area contributed by atoms with Gasteiger partial charge in [-0.25, -0.2) is 4.98 Å². The molecule has 5 rings (SSSR count). The third-order valence-electron chi connectivity index (χ3n) is 6.19. The Labute approximate surface area is 217 Å². The highest BCUT2D eigenvalue weighted by molar-refractivity contribution is 8.18. The summed E-state index contributed by atoms with van der Waals surface area (Å²) in [6, 6.07) is 16.6. The quantitative estimate of drug-likeness (QED) is 0.196. The number of thiazole rings is 1. The Bertz CT molecular complexity index is 1360. The number of hydrogen-bond donors (Lipinski definition) is 0. The molecular weight excluding hydrogens is 492 g/mol. The summed E-state index contributed by atoms with van der Waals surface area (Å²) in [6.07, 6.45) is 10.4. The Morgan fingerprint density at radius 3 is 2.58 bits per heavy atom. The van der Waals surface area contributed by atoms with Gasteiger partial charge in [-0.3, -0.25) is 19.8 Å². The van der Waals surface area contributed by atoms with Crippen molar-refractivity contribution < 1.29 is 9.72 Å². The number of allylic oxidation sites excluding steroid dienone is 2. The van der Waals surface area contributed by atoms with Crippen LogP contribution in [-0.2, 0) is 4.79 Å². The zero-order valence-electron chi connectivity index (χ0n) is 19.4. The molecule has 0 radical (unpaired) electrons. The number of aliphatic imine (C=N–C) groups is 1. The van der Waals surface area contributed by atoms with E-state index in [0.717, 1.165) is 36.9 Å². The third kappa shape index (κ3) is 5.32. The number of nitro groups is 1. The fraction of sp³-hybridized carbons (Fsp3) is 0.222. The Morgan fingerprint density at radius 1 is 1.06 bits per heavy atom. The van der Waals surface area contributed by atoms with Crippen molar-refractivity contribution >= 4 is 51.1 Å². The summed E-state index contributed by atoms with van der Waals surface area (Å²) in [5.74, 6) is -0.0716. The zero-order valence-corrected chi connectivity index (χ0v) is 21.1. The van der Waals surface area contributed by atoms with Crippen LogP contribution in [0.2, 0.25) is 0 Å². The van der Waals surface area contributed by atoms with Crippen LogP contribution in [0.4, 0.5) is 10.8 Å². The van der Waals surface area contributed by atoms with Gasteiger partial charge in [-0.2, -0.15) is 4.99 Å². The number of carbonyl (C=O) groups excluding carboxylic acids is 1. The van der Waals surface area contributed by atoms with Gasteiger partial charge >= 0.3 is 0 Å². The minimum absolute atomic E-state index is 0.0293. The zero-order chi connectivity index (χ0) is 24.9. The first-order chi connectivity index (χ1) is 17.6. The summed E-state index contributed by atoms with van der Waals surface area (Å²) >= 11 is 2.79. The van der Waals surface area contributed by atoms with Crippen molar-refractivity contribution in [3.05, 3.63) is 92.7 Å². The molecule has 1 saturated carbocycles. The molecule has 9 heteroatoms. The molecule has 1 saturated heterocycles. The van der Waals surface area contributed by atoms with Crippen molar-refractivity contribution in [2.75, 3.05) is 0 Å². The van der Waals surface area contributed by atoms with Gasteiger partial charge < -0.3 is 0 Å². The molecule has 7 nitrogen and oxygen atoms in total.